The molecular weight excluding hydrogens is 512 g/mol. The van der Waals surface area contributed by atoms with Gasteiger partial charge >= 0.3 is 11.9 Å². The van der Waals surface area contributed by atoms with Crippen molar-refractivity contribution in [1.29, 1.82) is 0 Å². The van der Waals surface area contributed by atoms with E-state index in [1.807, 2.05) is 6.07 Å². The van der Waals surface area contributed by atoms with Crippen molar-refractivity contribution in [1.82, 2.24) is 25.3 Å². The van der Waals surface area contributed by atoms with Gasteiger partial charge in [-0.1, -0.05) is 0 Å². The van der Waals surface area contributed by atoms with Gasteiger partial charge in [0.25, 0.3) is 5.91 Å². The first kappa shape index (κ1) is 26.9. The number of nitrogens with two attached hydrogens (primary N) is 2. The van der Waals surface area contributed by atoms with Crippen LogP contribution in [0.3, 0.4) is 0 Å². The minimum absolute atomic E-state index is 0.0398. The highest BCUT2D eigenvalue weighted by Gasteiger charge is 2.24. The molecular formula is C24H28N8O5S. The Morgan fingerprint density at radius 2 is 1.97 bits per heavy atom. The molecule has 0 saturated heterocycles. The van der Waals surface area contributed by atoms with Crippen LogP contribution in [0.4, 0.5) is 17.5 Å². The standard InChI is InChI=1S/C24H28N8O5S/c1-36-18(33)5-3-4-15(23(35)37-2)29-22(34)13-6-7-16-17(10-13)38-9-8-32(16)12-14-11-27-21-19(28-14)20(25)30-24(26)31-21/h6-7,10-11,15H,3-5,8-9,12H2,1-2H3,(H,29,34)(H4,25,26,27,30,31)/t15-/m0/s1. The summed E-state index contributed by atoms with van der Waals surface area (Å²) in [5.41, 5.74) is 14.4. The number of aromatic nitrogens is 4. The van der Waals surface area contributed by atoms with Crippen molar-refractivity contribution in [3.63, 3.8) is 0 Å². The second-order valence-corrected chi connectivity index (χ2v) is 9.61. The second kappa shape index (κ2) is 11.9. The summed E-state index contributed by atoms with van der Waals surface area (Å²) in [6.45, 7) is 1.23. The first-order valence-corrected chi connectivity index (χ1v) is 12.8. The van der Waals surface area contributed by atoms with Crippen LogP contribution in [0.1, 0.15) is 35.3 Å². The Balaban J connectivity index is 1.47. The minimum atomic E-state index is -0.879. The third-order valence-electron chi connectivity index (χ3n) is 5.93. The van der Waals surface area contributed by atoms with Crippen molar-refractivity contribution in [2.75, 3.05) is 42.9 Å². The van der Waals surface area contributed by atoms with Crippen LogP contribution in [0.2, 0.25) is 0 Å². The van der Waals surface area contributed by atoms with Crippen molar-refractivity contribution in [3.05, 3.63) is 35.7 Å². The van der Waals surface area contributed by atoms with E-state index in [4.69, 9.17) is 16.2 Å². The van der Waals surface area contributed by atoms with Crippen LogP contribution in [0, 0.1) is 0 Å². The average Bonchev–Trinajstić information content (AvgIpc) is 2.92. The molecule has 1 aromatic carbocycles. The highest BCUT2D eigenvalue weighted by Crippen LogP contribution is 2.36. The monoisotopic (exact) mass is 540 g/mol. The highest BCUT2D eigenvalue weighted by atomic mass is 32.2. The zero-order valence-corrected chi connectivity index (χ0v) is 21.8. The fourth-order valence-electron chi connectivity index (χ4n) is 4.02. The van der Waals surface area contributed by atoms with E-state index < -0.39 is 17.9 Å². The zero-order chi connectivity index (χ0) is 27.2. The molecule has 5 N–H and O–H groups in total. The molecule has 3 aromatic rings. The van der Waals surface area contributed by atoms with Crippen molar-refractivity contribution in [3.8, 4) is 0 Å². The minimum Gasteiger partial charge on any atom is -0.469 e. The molecule has 13 nitrogen and oxygen atoms in total. The number of carbonyl (C=O) groups excluding carboxylic acids is 3. The lowest BCUT2D eigenvalue weighted by Gasteiger charge is -2.31. The zero-order valence-electron chi connectivity index (χ0n) is 21.0. The molecule has 38 heavy (non-hydrogen) atoms. The van der Waals surface area contributed by atoms with E-state index in [0.717, 1.165) is 22.9 Å². The third-order valence-corrected chi connectivity index (χ3v) is 6.95. The lowest BCUT2D eigenvalue weighted by atomic mass is 10.1. The number of benzene rings is 1. The maximum Gasteiger partial charge on any atom is 0.328 e. The van der Waals surface area contributed by atoms with Gasteiger partial charge in [0.05, 0.1) is 38.3 Å². The quantitative estimate of drug-likeness (QED) is 0.330. The van der Waals surface area contributed by atoms with E-state index in [9.17, 15) is 14.4 Å². The van der Waals surface area contributed by atoms with E-state index in [2.05, 4.69) is 34.9 Å². The first-order chi connectivity index (χ1) is 18.3. The summed E-state index contributed by atoms with van der Waals surface area (Å²) >= 11 is 1.64. The van der Waals surface area contributed by atoms with Crippen LogP contribution in [0.25, 0.3) is 11.2 Å². The van der Waals surface area contributed by atoms with Crippen LogP contribution in [0.15, 0.2) is 29.3 Å². The summed E-state index contributed by atoms with van der Waals surface area (Å²) in [6.07, 6.45) is 2.38. The van der Waals surface area contributed by atoms with Crippen LogP contribution in [-0.4, -0.2) is 70.3 Å². The fraction of sp³-hybridized carbons (Fsp3) is 0.375. The summed E-state index contributed by atoms with van der Waals surface area (Å²) in [7, 11) is 2.55. The Morgan fingerprint density at radius 3 is 2.74 bits per heavy atom. The van der Waals surface area contributed by atoms with Crippen molar-refractivity contribution < 1.29 is 23.9 Å². The van der Waals surface area contributed by atoms with Crippen LogP contribution < -0.4 is 21.7 Å². The summed E-state index contributed by atoms with van der Waals surface area (Å²) in [5.74, 6) is -0.354. The number of ether oxygens (including phenoxy) is 2. The van der Waals surface area contributed by atoms with Gasteiger partial charge in [-0.2, -0.15) is 9.97 Å². The molecule has 0 aliphatic carbocycles. The molecule has 0 fully saturated rings. The smallest absolute Gasteiger partial charge is 0.328 e. The second-order valence-electron chi connectivity index (χ2n) is 8.47. The van der Waals surface area contributed by atoms with Crippen molar-refractivity contribution in [2.45, 2.75) is 36.7 Å². The van der Waals surface area contributed by atoms with Gasteiger partial charge in [-0.3, -0.25) is 9.59 Å². The molecule has 0 saturated carbocycles. The number of esters is 2. The SMILES string of the molecule is COC(=O)CCC[C@H](NC(=O)c1ccc2c(c1)SCCN2Cc1cnc2nc(N)nc(N)c2n1)C(=O)OC. The number of anilines is 3. The van der Waals surface area contributed by atoms with E-state index >= 15 is 0 Å². The lowest BCUT2D eigenvalue weighted by Crippen LogP contribution is -2.41. The topological polar surface area (TPSA) is 189 Å². The molecule has 4 rings (SSSR count). The number of rotatable bonds is 9. The van der Waals surface area contributed by atoms with Gasteiger partial charge in [0.1, 0.15) is 6.04 Å². The van der Waals surface area contributed by atoms with Gasteiger partial charge in [-0.25, -0.2) is 14.8 Å². The van der Waals surface area contributed by atoms with Gasteiger partial charge in [-0.05, 0) is 31.0 Å². The number of methoxy groups -OCH3 is 2. The van der Waals surface area contributed by atoms with Gasteiger partial charge in [-0.15, -0.1) is 11.8 Å². The number of nitrogens with zero attached hydrogens (tertiary/aromatic N) is 5. The van der Waals surface area contributed by atoms with Gasteiger partial charge in [0.15, 0.2) is 17.0 Å². The Morgan fingerprint density at radius 1 is 1.16 bits per heavy atom. The molecule has 0 bridgehead atoms. The number of hydrogen-bond acceptors (Lipinski definition) is 13. The van der Waals surface area contributed by atoms with Crippen LogP contribution in [-0.2, 0) is 25.6 Å². The van der Waals surface area contributed by atoms with Gasteiger partial charge in [0.2, 0.25) is 5.95 Å². The van der Waals surface area contributed by atoms with Crippen LogP contribution in [0.5, 0.6) is 0 Å². The molecule has 1 atom stereocenters. The largest absolute Gasteiger partial charge is 0.469 e. The predicted octanol–water partition coefficient (Wildman–Crippen LogP) is 1.31. The number of carbonyl (C=O) groups is 3. The summed E-state index contributed by atoms with van der Waals surface area (Å²) in [5, 5.41) is 2.72. The number of nitrogens with one attached hydrogen (secondary N) is 1. The third kappa shape index (κ3) is 6.19. The maximum absolute atomic E-state index is 13.0. The normalized spacial score (nSPS) is 13.5. The number of hydrogen-bond donors (Lipinski definition) is 3. The Bertz CT molecular complexity index is 1370. The van der Waals surface area contributed by atoms with E-state index in [1.165, 1.54) is 14.2 Å². The molecule has 1 amide bonds. The summed E-state index contributed by atoms with van der Waals surface area (Å²) < 4.78 is 9.45. The molecule has 2 aromatic heterocycles. The number of nitrogen functional groups attached to an aromatic ring is 2. The Hall–Kier alpha value is -4.20. The molecule has 0 spiro atoms. The summed E-state index contributed by atoms with van der Waals surface area (Å²) in [4.78, 5) is 56.5. The van der Waals surface area contributed by atoms with Gasteiger partial charge < -0.3 is 31.2 Å². The Labute approximate surface area is 222 Å². The molecule has 3 heterocycles. The molecule has 1 aliphatic heterocycles. The van der Waals surface area contributed by atoms with Crippen molar-refractivity contribution >= 4 is 58.2 Å². The molecule has 14 heteroatoms. The Kier molecular flexibility index (Phi) is 8.41. The van der Waals surface area contributed by atoms with E-state index in [1.54, 1.807) is 30.1 Å². The van der Waals surface area contributed by atoms with Crippen LogP contribution >= 0.6 is 11.8 Å². The molecule has 1 aliphatic rings. The molecule has 200 valence electrons. The number of fused-ring (bicyclic) bond motifs is 2. The molecule has 0 unspecified atom stereocenters. The number of amides is 1. The van der Waals surface area contributed by atoms with E-state index in [0.29, 0.717) is 35.4 Å². The fourth-order valence-corrected chi connectivity index (χ4v) is 5.11. The first-order valence-electron chi connectivity index (χ1n) is 11.8. The highest BCUT2D eigenvalue weighted by molar-refractivity contribution is 7.99. The van der Waals surface area contributed by atoms with Gasteiger partial charge in [0, 0.05) is 29.2 Å². The van der Waals surface area contributed by atoms with E-state index in [-0.39, 0.29) is 30.6 Å². The summed E-state index contributed by atoms with van der Waals surface area (Å²) in [6, 6.07) is 4.49. The predicted molar refractivity (Wildman–Crippen MR) is 141 cm³/mol. The molecule has 0 radical (unpaired) electrons. The lowest BCUT2D eigenvalue weighted by molar-refractivity contribution is -0.144. The van der Waals surface area contributed by atoms with Crippen molar-refractivity contribution in [2.24, 2.45) is 0 Å². The maximum atomic E-state index is 13.0. The average molecular weight is 541 g/mol. The number of thioether (sulfide) groups is 1.